The molecule has 2 aliphatic rings. The zero-order valence-corrected chi connectivity index (χ0v) is 21.2. The number of hydrogen-bond acceptors (Lipinski definition) is 7. The Morgan fingerprint density at radius 1 is 1.03 bits per heavy atom. The number of aliphatic imine (C=N–C) groups is 1. The molecule has 0 unspecified atom stereocenters. The molecule has 0 aliphatic carbocycles. The summed E-state index contributed by atoms with van der Waals surface area (Å²) in [6.45, 7) is 2.43. The van der Waals surface area contributed by atoms with Gasteiger partial charge in [-0.15, -0.1) is 0 Å². The van der Waals surface area contributed by atoms with Gasteiger partial charge in [0.15, 0.2) is 5.17 Å². The number of nitrogens with zero attached hydrogens (tertiary/aromatic N) is 3. The van der Waals surface area contributed by atoms with Gasteiger partial charge in [0.1, 0.15) is 0 Å². The van der Waals surface area contributed by atoms with Gasteiger partial charge in [0.2, 0.25) is 5.91 Å². The number of rotatable bonds is 8. The minimum absolute atomic E-state index is 0.126. The van der Waals surface area contributed by atoms with E-state index >= 15 is 0 Å². The van der Waals surface area contributed by atoms with Crippen molar-refractivity contribution in [3.05, 3.63) is 119 Å². The molecule has 0 spiro atoms. The van der Waals surface area contributed by atoms with Crippen LogP contribution >= 0.6 is 11.8 Å². The Kier molecular flexibility index (Phi) is 7.46. The highest BCUT2D eigenvalue weighted by Gasteiger charge is 2.42. The normalized spacial score (nSPS) is 16.6. The molecule has 0 bridgehead atoms. The van der Waals surface area contributed by atoms with Gasteiger partial charge in [0.25, 0.3) is 0 Å². The predicted octanol–water partition coefficient (Wildman–Crippen LogP) is 5.06. The van der Waals surface area contributed by atoms with Crippen molar-refractivity contribution < 1.29 is 14.3 Å². The minimum atomic E-state index is -0.490. The third-order valence-electron chi connectivity index (χ3n) is 6.02. The Morgan fingerprint density at radius 3 is 2.49 bits per heavy atom. The van der Waals surface area contributed by atoms with Gasteiger partial charge in [-0.2, -0.15) is 0 Å². The van der Waals surface area contributed by atoms with Gasteiger partial charge in [-0.1, -0.05) is 78.5 Å². The highest BCUT2D eigenvalue weighted by Crippen LogP contribution is 2.46. The van der Waals surface area contributed by atoms with E-state index in [2.05, 4.69) is 10.3 Å². The Morgan fingerprint density at radius 2 is 1.78 bits per heavy atom. The van der Waals surface area contributed by atoms with Crippen molar-refractivity contribution in [2.75, 3.05) is 6.61 Å². The van der Waals surface area contributed by atoms with Crippen LogP contribution in [0.15, 0.2) is 107 Å². The van der Waals surface area contributed by atoms with Crippen LogP contribution in [-0.2, 0) is 20.9 Å². The Bertz CT molecular complexity index is 1370. The van der Waals surface area contributed by atoms with Crippen LogP contribution in [0.1, 0.15) is 36.1 Å². The summed E-state index contributed by atoms with van der Waals surface area (Å²) in [7, 11) is 0. The molecule has 3 aromatic rings. The van der Waals surface area contributed by atoms with Gasteiger partial charge in [0, 0.05) is 30.2 Å². The van der Waals surface area contributed by atoms with Crippen LogP contribution in [0.2, 0.25) is 0 Å². The minimum Gasteiger partial charge on any atom is -0.463 e. The first-order valence-electron chi connectivity index (χ1n) is 12.1. The number of esters is 1. The first-order chi connectivity index (χ1) is 18.2. The molecule has 2 aromatic carbocycles. The van der Waals surface area contributed by atoms with Crippen molar-refractivity contribution in [3.8, 4) is 0 Å². The number of amidine groups is 1. The molecule has 0 fully saturated rings. The number of carbonyl (C=O) groups is 2. The largest absolute Gasteiger partial charge is 0.463 e. The fourth-order valence-electron chi connectivity index (χ4n) is 4.37. The number of fused-ring (bicyclic) bond motifs is 1. The van der Waals surface area contributed by atoms with E-state index < -0.39 is 12.0 Å². The maximum atomic E-state index is 13.5. The zero-order valence-electron chi connectivity index (χ0n) is 20.3. The lowest BCUT2D eigenvalue weighted by molar-refractivity contribution is -0.139. The zero-order chi connectivity index (χ0) is 25.6. The summed E-state index contributed by atoms with van der Waals surface area (Å²) in [5, 5.41) is 5.62. The molecule has 37 heavy (non-hydrogen) atoms. The third kappa shape index (κ3) is 5.34. The molecule has 7 nitrogen and oxygen atoms in total. The monoisotopic (exact) mass is 510 g/mol. The topological polar surface area (TPSA) is 83.9 Å². The number of thioether (sulfide) groups is 1. The molecule has 0 radical (unpaired) electrons. The van der Waals surface area contributed by atoms with Crippen LogP contribution in [0.4, 0.5) is 0 Å². The predicted molar refractivity (Wildman–Crippen MR) is 145 cm³/mol. The van der Waals surface area contributed by atoms with E-state index in [0.717, 1.165) is 27.6 Å². The van der Waals surface area contributed by atoms with E-state index in [0.29, 0.717) is 17.8 Å². The van der Waals surface area contributed by atoms with E-state index in [4.69, 9.17) is 9.73 Å². The van der Waals surface area contributed by atoms with Crippen LogP contribution in [0.3, 0.4) is 0 Å². The van der Waals surface area contributed by atoms with Gasteiger partial charge < -0.3 is 15.0 Å². The van der Waals surface area contributed by atoms with Crippen molar-refractivity contribution in [1.29, 1.82) is 0 Å². The molecule has 1 aromatic heterocycles. The smallest absolute Gasteiger partial charge is 0.338 e. The van der Waals surface area contributed by atoms with Crippen LogP contribution in [0.5, 0.6) is 0 Å². The van der Waals surface area contributed by atoms with E-state index in [1.54, 1.807) is 19.3 Å². The second-order valence-electron chi connectivity index (χ2n) is 8.47. The lowest BCUT2D eigenvalue weighted by Gasteiger charge is -2.36. The molecular formula is C29H26N4O3S. The molecule has 2 aliphatic heterocycles. The van der Waals surface area contributed by atoms with Gasteiger partial charge in [-0.05, 0) is 29.5 Å². The summed E-state index contributed by atoms with van der Waals surface area (Å²) in [6, 6.07) is 22.7. The van der Waals surface area contributed by atoms with E-state index in [-0.39, 0.29) is 18.9 Å². The quantitative estimate of drug-likeness (QED) is 0.427. The highest BCUT2D eigenvalue weighted by molar-refractivity contribution is 8.16. The molecule has 0 saturated carbocycles. The second-order valence-corrected chi connectivity index (χ2v) is 9.30. The van der Waals surface area contributed by atoms with Crippen molar-refractivity contribution in [1.82, 2.24) is 15.2 Å². The Hall–Kier alpha value is -4.17. The molecule has 1 N–H and O–H groups in total. The molecule has 3 heterocycles. The average molecular weight is 511 g/mol. The lowest BCUT2D eigenvalue weighted by atomic mass is 9.91. The summed E-state index contributed by atoms with van der Waals surface area (Å²) in [6.07, 6.45) is 3.57. The van der Waals surface area contributed by atoms with E-state index in [9.17, 15) is 9.59 Å². The number of carbonyl (C=O) groups excluding carboxylic acids is 2. The maximum absolute atomic E-state index is 13.5. The molecule has 5 rings (SSSR count). The summed E-state index contributed by atoms with van der Waals surface area (Å²) in [5.41, 5.74) is 4.48. The maximum Gasteiger partial charge on any atom is 0.338 e. The van der Waals surface area contributed by atoms with Crippen molar-refractivity contribution in [2.24, 2.45) is 4.99 Å². The standard InChI is InChI=1S/C29H26N4O3S/c1-2-36-28(35)25-26(21-11-5-3-6-12-21)32-29-33(27(25)22-13-7-4-8-14-22)23(19-37-29)16-24(34)31-18-20-10-9-15-30-17-20/h3-15,17,19,27H,2,16,18H2,1H3,(H,31,34)/t27-/m0/s1. The fraction of sp³-hybridized carbons (Fsp3) is 0.172. The first kappa shape index (κ1) is 24.5. The van der Waals surface area contributed by atoms with E-state index in [1.807, 2.05) is 83.1 Å². The first-order valence-corrected chi connectivity index (χ1v) is 12.9. The summed E-state index contributed by atoms with van der Waals surface area (Å²) in [5.74, 6) is -0.547. The van der Waals surface area contributed by atoms with Gasteiger partial charge in [0.05, 0.1) is 30.3 Å². The number of amides is 1. The van der Waals surface area contributed by atoms with Crippen LogP contribution in [-0.4, -0.2) is 33.5 Å². The molecule has 8 heteroatoms. The number of hydrogen-bond donors (Lipinski definition) is 1. The number of nitrogens with one attached hydrogen (secondary N) is 1. The second kappa shape index (κ2) is 11.3. The van der Waals surface area contributed by atoms with Gasteiger partial charge in [-0.25, -0.2) is 9.79 Å². The van der Waals surface area contributed by atoms with Crippen LogP contribution < -0.4 is 5.32 Å². The Labute approximate surface area is 220 Å². The number of aromatic nitrogens is 1. The summed E-state index contributed by atoms with van der Waals surface area (Å²) < 4.78 is 5.53. The summed E-state index contributed by atoms with van der Waals surface area (Å²) >= 11 is 1.45. The highest BCUT2D eigenvalue weighted by atomic mass is 32.2. The van der Waals surface area contributed by atoms with E-state index in [1.165, 1.54) is 11.8 Å². The lowest BCUT2D eigenvalue weighted by Crippen LogP contribution is -2.38. The van der Waals surface area contributed by atoms with Crippen molar-refractivity contribution in [3.63, 3.8) is 0 Å². The fourth-order valence-corrected chi connectivity index (χ4v) is 5.29. The molecule has 186 valence electrons. The Balaban J connectivity index is 1.51. The number of pyridine rings is 1. The summed E-state index contributed by atoms with van der Waals surface area (Å²) in [4.78, 5) is 37.4. The van der Waals surface area contributed by atoms with Gasteiger partial charge in [-0.3, -0.25) is 9.78 Å². The van der Waals surface area contributed by atoms with Crippen LogP contribution in [0.25, 0.3) is 5.70 Å². The SMILES string of the molecule is CCOC(=O)C1=C(c2ccccc2)N=C2SC=C(CC(=O)NCc3cccnc3)N2[C@H]1c1ccccc1. The molecule has 1 amide bonds. The van der Waals surface area contributed by atoms with Crippen molar-refractivity contribution >= 4 is 34.5 Å². The number of ether oxygens (including phenoxy) is 1. The molecule has 0 saturated heterocycles. The van der Waals surface area contributed by atoms with Gasteiger partial charge >= 0.3 is 5.97 Å². The average Bonchev–Trinajstić information content (AvgIpc) is 3.34. The molecule has 1 atom stereocenters. The molecular weight excluding hydrogens is 484 g/mol. The van der Waals surface area contributed by atoms with Crippen molar-refractivity contribution in [2.45, 2.75) is 25.9 Å². The number of benzene rings is 2. The van der Waals surface area contributed by atoms with Crippen LogP contribution in [0, 0.1) is 0 Å². The third-order valence-corrected chi connectivity index (χ3v) is 6.91.